The summed E-state index contributed by atoms with van der Waals surface area (Å²) in [5.74, 6) is 0.915. The molecular weight excluding hydrogens is 258 g/mol. The van der Waals surface area contributed by atoms with E-state index in [1.807, 2.05) is 6.07 Å². The van der Waals surface area contributed by atoms with Crippen LogP contribution in [0, 0.1) is 0 Å². The zero-order valence-electron chi connectivity index (χ0n) is 12.6. The van der Waals surface area contributed by atoms with Crippen molar-refractivity contribution < 1.29 is 19.0 Å². The summed E-state index contributed by atoms with van der Waals surface area (Å²) >= 11 is 0. The first-order chi connectivity index (χ1) is 9.67. The van der Waals surface area contributed by atoms with Crippen molar-refractivity contribution in [2.45, 2.75) is 25.8 Å². The minimum Gasteiger partial charge on any atom is -0.493 e. The Balaban J connectivity index is 2.97. The first-order valence-electron chi connectivity index (χ1n) is 6.71. The Labute approximate surface area is 120 Å². The molecule has 0 aliphatic rings. The van der Waals surface area contributed by atoms with Gasteiger partial charge in [-0.25, -0.2) is 4.79 Å². The molecule has 0 aliphatic carbocycles. The predicted octanol–water partition coefficient (Wildman–Crippen LogP) is 2.31. The minimum atomic E-state index is -0.494. The van der Waals surface area contributed by atoms with Gasteiger partial charge in [0.15, 0.2) is 11.5 Å². The highest BCUT2D eigenvalue weighted by molar-refractivity contribution is 5.77. The van der Waals surface area contributed by atoms with Crippen LogP contribution in [0.15, 0.2) is 18.2 Å². The highest BCUT2D eigenvalue weighted by atomic mass is 16.5. The molecule has 1 rings (SSSR count). The van der Waals surface area contributed by atoms with E-state index in [0.29, 0.717) is 11.5 Å². The van der Waals surface area contributed by atoms with E-state index in [4.69, 9.17) is 14.2 Å². The summed E-state index contributed by atoms with van der Waals surface area (Å²) in [7, 11) is 4.53. The summed E-state index contributed by atoms with van der Waals surface area (Å²) in [6.45, 7) is 2.86. The van der Waals surface area contributed by atoms with E-state index in [1.165, 1.54) is 7.11 Å². The van der Waals surface area contributed by atoms with Crippen molar-refractivity contribution in [3.63, 3.8) is 0 Å². The highest BCUT2D eigenvalue weighted by Crippen LogP contribution is 2.30. The van der Waals surface area contributed by atoms with Crippen LogP contribution in [0.5, 0.6) is 11.5 Å². The number of esters is 1. The van der Waals surface area contributed by atoms with Gasteiger partial charge in [-0.15, -0.1) is 0 Å². The lowest BCUT2D eigenvalue weighted by Crippen LogP contribution is -2.30. The lowest BCUT2D eigenvalue weighted by molar-refractivity contribution is -0.143. The van der Waals surface area contributed by atoms with E-state index < -0.39 is 6.04 Å². The second kappa shape index (κ2) is 8.43. The molecule has 0 radical (unpaired) electrons. The largest absolute Gasteiger partial charge is 0.493 e. The van der Waals surface area contributed by atoms with Crippen molar-refractivity contribution in [2.75, 3.05) is 27.9 Å². The van der Waals surface area contributed by atoms with Gasteiger partial charge < -0.3 is 19.5 Å². The van der Waals surface area contributed by atoms with Gasteiger partial charge in [-0.05, 0) is 30.7 Å². The van der Waals surface area contributed by atoms with Crippen LogP contribution in [-0.2, 0) is 9.53 Å². The maximum absolute atomic E-state index is 11.9. The minimum absolute atomic E-state index is 0.312. The number of benzene rings is 1. The topological polar surface area (TPSA) is 56.8 Å². The van der Waals surface area contributed by atoms with Crippen molar-refractivity contribution in [1.82, 2.24) is 5.32 Å². The number of ether oxygens (including phenoxy) is 3. The van der Waals surface area contributed by atoms with Crippen LogP contribution in [0.4, 0.5) is 0 Å². The van der Waals surface area contributed by atoms with Crippen molar-refractivity contribution in [3.05, 3.63) is 23.8 Å². The Bertz CT molecular complexity index is 434. The number of hydrogen-bond acceptors (Lipinski definition) is 5. The first-order valence-corrected chi connectivity index (χ1v) is 6.71. The van der Waals surface area contributed by atoms with Gasteiger partial charge in [-0.2, -0.15) is 0 Å². The Morgan fingerprint density at radius 3 is 2.45 bits per heavy atom. The Hall–Kier alpha value is -1.75. The second-order valence-electron chi connectivity index (χ2n) is 4.38. The van der Waals surface area contributed by atoms with Gasteiger partial charge in [0.2, 0.25) is 0 Å². The Morgan fingerprint density at radius 2 is 1.90 bits per heavy atom. The third-order valence-electron chi connectivity index (χ3n) is 3.06. The summed E-state index contributed by atoms with van der Waals surface area (Å²) in [6.07, 6.45) is 2.06. The van der Waals surface area contributed by atoms with Crippen LogP contribution >= 0.6 is 0 Å². The summed E-state index contributed by atoms with van der Waals surface area (Å²) in [5, 5.41) is 3.21. The fourth-order valence-corrected chi connectivity index (χ4v) is 1.91. The first kappa shape index (κ1) is 16.3. The average Bonchev–Trinajstić information content (AvgIpc) is 2.50. The van der Waals surface area contributed by atoms with Crippen LogP contribution < -0.4 is 14.8 Å². The zero-order chi connectivity index (χ0) is 15.0. The fourth-order valence-electron chi connectivity index (χ4n) is 1.91. The molecule has 0 saturated heterocycles. The molecule has 0 aromatic heterocycles. The molecule has 1 N–H and O–H groups in total. The molecule has 112 valence electrons. The number of unbranched alkanes of at least 4 members (excludes halogenated alkanes) is 1. The molecule has 0 spiro atoms. The van der Waals surface area contributed by atoms with Crippen molar-refractivity contribution in [1.29, 1.82) is 0 Å². The number of hydrogen-bond donors (Lipinski definition) is 1. The molecule has 1 unspecified atom stereocenters. The normalized spacial score (nSPS) is 11.8. The highest BCUT2D eigenvalue weighted by Gasteiger charge is 2.22. The van der Waals surface area contributed by atoms with Crippen molar-refractivity contribution in [3.8, 4) is 11.5 Å². The molecular formula is C15H23NO4. The molecule has 1 aromatic rings. The van der Waals surface area contributed by atoms with Crippen LogP contribution in [0.1, 0.15) is 31.4 Å². The van der Waals surface area contributed by atoms with Crippen LogP contribution in [-0.4, -0.2) is 33.8 Å². The molecule has 0 saturated carbocycles. The summed E-state index contributed by atoms with van der Waals surface area (Å²) in [6, 6.07) is 4.92. The van der Waals surface area contributed by atoms with Crippen LogP contribution in [0.2, 0.25) is 0 Å². The van der Waals surface area contributed by atoms with Crippen LogP contribution in [0.3, 0.4) is 0 Å². The van der Waals surface area contributed by atoms with Gasteiger partial charge in [0.1, 0.15) is 6.04 Å². The van der Waals surface area contributed by atoms with E-state index in [0.717, 1.165) is 24.9 Å². The smallest absolute Gasteiger partial charge is 0.327 e. The number of rotatable bonds is 8. The monoisotopic (exact) mass is 281 g/mol. The maximum Gasteiger partial charge on any atom is 0.327 e. The molecule has 1 atom stereocenters. The molecule has 0 fully saturated rings. The standard InChI is InChI=1S/C15H23NO4/c1-5-6-9-16-14(15(17)20-4)11-7-8-12(18-2)13(10-11)19-3/h7-8,10,14,16H,5-6,9H2,1-4H3. The third-order valence-corrected chi connectivity index (χ3v) is 3.06. The number of methoxy groups -OCH3 is 3. The van der Waals surface area contributed by atoms with E-state index in [2.05, 4.69) is 12.2 Å². The van der Waals surface area contributed by atoms with Crippen molar-refractivity contribution in [2.24, 2.45) is 0 Å². The van der Waals surface area contributed by atoms with Gasteiger partial charge in [0.25, 0.3) is 0 Å². The Kier molecular flexibility index (Phi) is 6.87. The zero-order valence-corrected chi connectivity index (χ0v) is 12.6. The quantitative estimate of drug-likeness (QED) is 0.585. The van der Waals surface area contributed by atoms with E-state index in [1.54, 1.807) is 26.4 Å². The summed E-state index contributed by atoms with van der Waals surface area (Å²) in [5.41, 5.74) is 0.797. The molecule has 0 heterocycles. The SMILES string of the molecule is CCCCNC(C(=O)OC)c1ccc(OC)c(OC)c1. The second-order valence-corrected chi connectivity index (χ2v) is 4.38. The average molecular weight is 281 g/mol. The molecule has 5 nitrogen and oxygen atoms in total. The molecule has 0 amide bonds. The summed E-state index contributed by atoms with van der Waals surface area (Å²) < 4.78 is 15.3. The number of carbonyl (C=O) groups excluding carboxylic acids is 1. The van der Waals surface area contributed by atoms with E-state index in [9.17, 15) is 4.79 Å². The molecule has 5 heteroatoms. The van der Waals surface area contributed by atoms with Gasteiger partial charge >= 0.3 is 5.97 Å². The van der Waals surface area contributed by atoms with Crippen LogP contribution in [0.25, 0.3) is 0 Å². The lowest BCUT2D eigenvalue weighted by atomic mass is 10.1. The van der Waals surface area contributed by atoms with E-state index >= 15 is 0 Å². The van der Waals surface area contributed by atoms with Crippen molar-refractivity contribution >= 4 is 5.97 Å². The summed E-state index contributed by atoms with van der Waals surface area (Å²) in [4.78, 5) is 11.9. The fraction of sp³-hybridized carbons (Fsp3) is 0.533. The van der Waals surface area contributed by atoms with Gasteiger partial charge in [-0.1, -0.05) is 19.4 Å². The predicted molar refractivity (Wildman–Crippen MR) is 77.2 cm³/mol. The molecule has 0 aliphatic heterocycles. The molecule has 0 bridgehead atoms. The number of carbonyl (C=O) groups is 1. The third kappa shape index (κ3) is 4.13. The Morgan fingerprint density at radius 1 is 1.20 bits per heavy atom. The maximum atomic E-state index is 11.9. The molecule has 20 heavy (non-hydrogen) atoms. The number of nitrogens with one attached hydrogen (secondary N) is 1. The van der Waals surface area contributed by atoms with Gasteiger partial charge in [0.05, 0.1) is 21.3 Å². The molecule has 1 aromatic carbocycles. The van der Waals surface area contributed by atoms with Gasteiger partial charge in [-0.3, -0.25) is 0 Å². The van der Waals surface area contributed by atoms with Gasteiger partial charge in [0, 0.05) is 0 Å². The van der Waals surface area contributed by atoms with E-state index in [-0.39, 0.29) is 5.97 Å². The lowest BCUT2D eigenvalue weighted by Gasteiger charge is -2.18.